The van der Waals surface area contributed by atoms with Crippen molar-refractivity contribution in [1.29, 1.82) is 0 Å². The fraction of sp³-hybridized carbons (Fsp3) is 0.625. The molecule has 0 amide bonds. The zero-order chi connectivity index (χ0) is 15.5. The number of piperidine rings is 1. The van der Waals surface area contributed by atoms with Crippen LogP contribution in [0.15, 0.2) is 15.8 Å². The summed E-state index contributed by atoms with van der Waals surface area (Å²) in [6, 6.07) is 0. The lowest BCUT2D eigenvalue weighted by Crippen LogP contribution is -2.48. The SMILES string of the molecule is CCC1=C(C)C=[N+]=C(N2CCC(Cc3nc(C)no3)CC2)N1. The van der Waals surface area contributed by atoms with Gasteiger partial charge in [0.05, 0.1) is 18.8 Å². The number of hydrogen-bond donors (Lipinski definition) is 1. The Morgan fingerprint density at radius 1 is 1.36 bits per heavy atom. The molecule has 0 aromatic carbocycles. The Labute approximate surface area is 131 Å². The summed E-state index contributed by atoms with van der Waals surface area (Å²) in [6.45, 7) is 8.17. The fourth-order valence-corrected chi connectivity index (χ4v) is 3.05. The lowest BCUT2D eigenvalue weighted by molar-refractivity contribution is 0.243. The molecule has 1 fully saturated rings. The molecule has 3 heterocycles. The number of rotatable bonds is 3. The Hall–Kier alpha value is -2.07. The quantitative estimate of drug-likeness (QED) is 0.855. The van der Waals surface area contributed by atoms with Gasteiger partial charge in [-0.1, -0.05) is 12.1 Å². The van der Waals surface area contributed by atoms with E-state index in [1.54, 1.807) is 0 Å². The highest BCUT2D eigenvalue weighted by atomic mass is 16.5. The molecular weight excluding hydrogens is 278 g/mol. The molecule has 0 unspecified atom stereocenters. The van der Waals surface area contributed by atoms with Crippen molar-refractivity contribution in [3.05, 3.63) is 23.0 Å². The number of aryl methyl sites for hydroxylation is 1. The molecule has 6 heteroatoms. The van der Waals surface area contributed by atoms with Gasteiger partial charge < -0.3 is 4.52 Å². The number of allylic oxidation sites excluding steroid dienone is 2. The summed E-state index contributed by atoms with van der Waals surface area (Å²) in [4.78, 5) is 6.65. The monoisotopic (exact) mass is 302 g/mol. The van der Waals surface area contributed by atoms with Gasteiger partial charge in [0.2, 0.25) is 5.89 Å². The average molecular weight is 302 g/mol. The third-order valence-electron chi connectivity index (χ3n) is 4.42. The van der Waals surface area contributed by atoms with Crippen molar-refractivity contribution >= 4 is 12.2 Å². The van der Waals surface area contributed by atoms with Gasteiger partial charge in [0.15, 0.2) is 12.0 Å². The summed E-state index contributed by atoms with van der Waals surface area (Å²) in [7, 11) is 0. The molecule has 22 heavy (non-hydrogen) atoms. The second kappa shape index (κ2) is 6.36. The van der Waals surface area contributed by atoms with Crippen molar-refractivity contribution in [2.75, 3.05) is 13.1 Å². The standard InChI is InChI=1S/C16H23N5O/c1-4-14-11(2)10-17-16(19-14)21-7-5-13(6-8-21)9-15-18-12(3)20-22-15/h10,13H,4-9H2,1-3H3/p+1. The van der Waals surface area contributed by atoms with E-state index >= 15 is 0 Å². The van der Waals surface area contributed by atoms with Gasteiger partial charge in [-0.05, 0) is 39.0 Å². The van der Waals surface area contributed by atoms with Crippen LogP contribution in [0.5, 0.6) is 0 Å². The molecule has 1 aromatic heterocycles. The van der Waals surface area contributed by atoms with Crippen LogP contribution < -0.4 is 9.98 Å². The molecule has 0 spiro atoms. The van der Waals surface area contributed by atoms with E-state index in [2.05, 4.69) is 38.9 Å². The van der Waals surface area contributed by atoms with Gasteiger partial charge in [-0.15, -0.1) is 0 Å². The highest BCUT2D eigenvalue weighted by molar-refractivity contribution is 5.92. The number of likely N-dealkylation sites (tertiary alicyclic amines) is 1. The summed E-state index contributed by atoms with van der Waals surface area (Å²) in [6.07, 6.45) is 6.13. The molecule has 1 N–H and O–H groups in total. The summed E-state index contributed by atoms with van der Waals surface area (Å²) >= 11 is 0. The Morgan fingerprint density at radius 2 is 2.14 bits per heavy atom. The summed E-state index contributed by atoms with van der Waals surface area (Å²) in [5.41, 5.74) is 2.50. The van der Waals surface area contributed by atoms with E-state index < -0.39 is 0 Å². The number of nitrogens with zero attached hydrogens (tertiary/aromatic N) is 4. The van der Waals surface area contributed by atoms with Crippen molar-refractivity contribution in [2.45, 2.75) is 46.5 Å². The minimum atomic E-state index is 0.618. The van der Waals surface area contributed by atoms with Gasteiger partial charge in [-0.25, -0.2) is 9.98 Å². The van der Waals surface area contributed by atoms with Gasteiger partial charge in [0.1, 0.15) is 0 Å². The van der Waals surface area contributed by atoms with Crippen molar-refractivity contribution < 1.29 is 4.52 Å². The van der Waals surface area contributed by atoms with E-state index in [0.717, 1.165) is 56.4 Å². The van der Waals surface area contributed by atoms with Gasteiger partial charge in [-0.2, -0.15) is 4.98 Å². The lowest BCUT2D eigenvalue weighted by Gasteiger charge is -2.28. The average Bonchev–Trinajstić information content (AvgIpc) is 2.94. The van der Waals surface area contributed by atoms with Crippen molar-refractivity contribution in [3.8, 4) is 0 Å². The number of guanidine groups is 1. The van der Waals surface area contributed by atoms with E-state index in [4.69, 9.17) is 4.52 Å². The molecule has 3 rings (SSSR count). The lowest BCUT2D eigenvalue weighted by atomic mass is 9.93. The largest absolute Gasteiger partial charge is 0.445 e. The molecule has 2 aliphatic heterocycles. The maximum absolute atomic E-state index is 5.23. The normalized spacial score (nSPS) is 19.4. The minimum Gasteiger partial charge on any atom is -0.339 e. The van der Waals surface area contributed by atoms with Gasteiger partial charge in [0.25, 0.3) is 0 Å². The van der Waals surface area contributed by atoms with Crippen LogP contribution in [-0.4, -0.2) is 40.3 Å². The topological polar surface area (TPSA) is 68.3 Å². The van der Waals surface area contributed by atoms with Gasteiger partial charge in [0, 0.05) is 12.0 Å². The van der Waals surface area contributed by atoms with Crippen molar-refractivity contribution in [3.63, 3.8) is 0 Å². The molecule has 1 aromatic rings. The molecule has 0 atom stereocenters. The zero-order valence-corrected chi connectivity index (χ0v) is 13.6. The van der Waals surface area contributed by atoms with Crippen LogP contribution in [0.2, 0.25) is 0 Å². The van der Waals surface area contributed by atoms with Crippen molar-refractivity contribution in [2.24, 2.45) is 5.92 Å². The molecule has 1 saturated heterocycles. The highest BCUT2D eigenvalue weighted by Crippen LogP contribution is 2.21. The molecule has 118 valence electrons. The summed E-state index contributed by atoms with van der Waals surface area (Å²) < 4.78 is 9.78. The molecule has 2 aliphatic rings. The summed E-state index contributed by atoms with van der Waals surface area (Å²) in [5, 5.41) is 7.33. The first-order valence-corrected chi connectivity index (χ1v) is 8.07. The van der Waals surface area contributed by atoms with Crippen LogP contribution in [0.1, 0.15) is 44.8 Å². The minimum absolute atomic E-state index is 0.618. The predicted octanol–water partition coefficient (Wildman–Crippen LogP) is 1.41. The zero-order valence-electron chi connectivity index (χ0n) is 13.6. The molecule has 6 nitrogen and oxygen atoms in total. The first-order chi connectivity index (χ1) is 10.7. The Bertz CT molecular complexity index is 631. The van der Waals surface area contributed by atoms with Crippen molar-refractivity contribution in [1.82, 2.24) is 25.0 Å². The van der Waals surface area contributed by atoms with E-state index in [1.165, 1.54) is 11.3 Å². The van der Waals surface area contributed by atoms with E-state index in [9.17, 15) is 0 Å². The van der Waals surface area contributed by atoms with E-state index in [-0.39, 0.29) is 0 Å². The fourth-order valence-electron chi connectivity index (χ4n) is 3.05. The highest BCUT2D eigenvalue weighted by Gasteiger charge is 2.30. The van der Waals surface area contributed by atoms with Crippen LogP contribution in [0.4, 0.5) is 0 Å². The second-order valence-electron chi connectivity index (χ2n) is 6.09. The molecule has 0 saturated carbocycles. The molecule has 0 radical (unpaired) electrons. The molecule has 0 bridgehead atoms. The van der Waals surface area contributed by atoms with Gasteiger partial charge in [-0.3, -0.25) is 4.90 Å². The second-order valence-corrected chi connectivity index (χ2v) is 6.09. The predicted molar refractivity (Wildman–Crippen MR) is 86.4 cm³/mol. The Balaban J connectivity index is 1.55. The maximum atomic E-state index is 5.23. The van der Waals surface area contributed by atoms with Crippen LogP contribution in [-0.2, 0) is 6.42 Å². The number of hydrogen-bond acceptors (Lipinski definition) is 5. The third kappa shape index (κ3) is 3.22. The smallest absolute Gasteiger partial charge is 0.339 e. The van der Waals surface area contributed by atoms with E-state index in [0.29, 0.717) is 5.92 Å². The Morgan fingerprint density at radius 3 is 2.77 bits per heavy atom. The van der Waals surface area contributed by atoms with E-state index in [1.807, 2.05) is 13.1 Å². The molecular formula is C16H24N5O+. The third-order valence-corrected chi connectivity index (χ3v) is 4.42. The first-order valence-electron chi connectivity index (χ1n) is 8.07. The van der Waals surface area contributed by atoms with Crippen LogP contribution in [0.3, 0.4) is 0 Å². The first kappa shape index (κ1) is 14.9. The van der Waals surface area contributed by atoms with Crippen LogP contribution >= 0.6 is 0 Å². The number of nitrogens with one attached hydrogen (secondary N) is 1. The van der Waals surface area contributed by atoms with Crippen LogP contribution in [0.25, 0.3) is 0 Å². The summed E-state index contributed by atoms with van der Waals surface area (Å²) in [5.74, 6) is 3.10. The van der Waals surface area contributed by atoms with Crippen LogP contribution in [0, 0.1) is 12.8 Å². The maximum Gasteiger partial charge on any atom is 0.445 e. The number of aromatic nitrogens is 2. The Kier molecular flexibility index (Phi) is 4.29. The van der Waals surface area contributed by atoms with Gasteiger partial charge >= 0.3 is 5.96 Å². The molecule has 0 aliphatic carbocycles.